The van der Waals surface area contributed by atoms with Gasteiger partial charge in [0.2, 0.25) is 0 Å². The summed E-state index contributed by atoms with van der Waals surface area (Å²) in [5.74, 6) is -1.25. The summed E-state index contributed by atoms with van der Waals surface area (Å²) in [5, 5.41) is 13.1. The molecule has 29 heavy (non-hydrogen) atoms. The number of nitriles is 1. The van der Waals surface area contributed by atoms with Crippen LogP contribution in [0.25, 0.3) is 27.8 Å². The van der Waals surface area contributed by atoms with Gasteiger partial charge in [-0.1, -0.05) is 17.7 Å². The molecular weight excluding hydrogens is 402 g/mol. The first-order chi connectivity index (χ1) is 14.0. The van der Waals surface area contributed by atoms with E-state index in [1.54, 1.807) is 24.3 Å². The lowest BCUT2D eigenvalue weighted by Crippen LogP contribution is -2.07. The minimum Gasteiger partial charge on any atom is -0.479 e. The van der Waals surface area contributed by atoms with Gasteiger partial charge in [-0.3, -0.25) is 4.79 Å². The largest absolute Gasteiger partial charge is 0.479 e. The van der Waals surface area contributed by atoms with E-state index in [0.29, 0.717) is 11.3 Å². The van der Waals surface area contributed by atoms with Crippen molar-refractivity contribution in [3.05, 3.63) is 75.7 Å². The van der Waals surface area contributed by atoms with E-state index in [0.717, 1.165) is 16.8 Å². The molecule has 2 aromatic heterocycles. The number of aromatic nitrogens is 3. The molecule has 0 fully saturated rings. The van der Waals surface area contributed by atoms with Gasteiger partial charge in [0.05, 0.1) is 10.4 Å². The van der Waals surface area contributed by atoms with E-state index in [1.807, 2.05) is 6.07 Å². The Morgan fingerprint density at radius 3 is 2.52 bits per heavy atom. The highest BCUT2D eigenvalue weighted by Crippen LogP contribution is 2.33. The Hall–Kier alpha value is -3.70. The summed E-state index contributed by atoms with van der Waals surface area (Å²) in [5.41, 5.74) is -0.169. The Balaban J connectivity index is 1.98. The molecule has 2 aromatic carbocycles. The van der Waals surface area contributed by atoms with Crippen molar-refractivity contribution in [2.45, 2.75) is 0 Å². The molecule has 0 amide bonds. The zero-order valence-electron chi connectivity index (χ0n) is 14.6. The van der Waals surface area contributed by atoms with Crippen LogP contribution in [-0.4, -0.2) is 21.4 Å². The minimum atomic E-state index is -0.849. The third-order valence-corrected chi connectivity index (χ3v) is 4.54. The molecule has 0 atom stereocenters. The molecule has 1 N–H and O–H groups in total. The highest BCUT2D eigenvalue weighted by Gasteiger charge is 2.22. The first kappa shape index (κ1) is 18.7. The summed E-state index contributed by atoms with van der Waals surface area (Å²) in [4.78, 5) is 15.0. The van der Waals surface area contributed by atoms with Gasteiger partial charge < -0.3 is 9.72 Å². The van der Waals surface area contributed by atoms with Crippen molar-refractivity contribution in [3.8, 4) is 28.8 Å². The molecule has 0 aliphatic carbocycles. The van der Waals surface area contributed by atoms with E-state index in [4.69, 9.17) is 21.6 Å². The lowest BCUT2D eigenvalue weighted by atomic mass is 10.1. The van der Waals surface area contributed by atoms with Crippen molar-refractivity contribution in [3.63, 3.8) is 0 Å². The fourth-order valence-corrected chi connectivity index (χ4v) is 3.23. The molecular formula is C20H11ClF2N4O2. The van der Waals surface area contributed by atoms with Crippen molar-refractivity contribution < 1.29 is 13.5 Å². The van der Waals surface area contributed by atoms with E-state index < -0.39 is 22.9 Å². The van der Waals surface area contributed by atoms with Crippen molar-refractivity contribution in [2.24, 2.45) is 0 Å². The summed E-state index contributed by atoms with van der Waals surface area (Å²) in [6.07, 6.45) is 1.24. The standard InChI is InChI=1S/C20H11ClF2N4O2/c21-13-10-25-20(28)16-17(11-4-6-12(7-5-11)29-9-8-24)26-27(18(13)16)19-14(22)2-1-3-15(19)23/h1-7,10H,9H2,(H,25,28). The van der Waals surface area contributed by atoms with Crippen molar-refractivity contribution in [1.29, 1.82) is 5.26 Å². The molecule has 0 aliphatic heterocycles. The number of H-pyrrole nitrogens is 1. The Morgan fingerprint density at radius 2 is 1.86 bits per heavy atom. The van der Waals surface area contributed by atoms with Crippen molar-refractivity contribution in [2.75, 3.05) is 6.61 Å². The molecule has 0 radical (unpaired) electrons. The van der Waals surface area contributed by atoms with Gasteiger partial charge in [-0.25, -0.2) is 13.5 Å². The van der Waals surface area contributed by atoms with Gasteiger partial charge in [0, 0.05) is 11.8 Å². The van der Waals surface area contributed by atoms with Crippen LogP contribution in [-0.2, 0) is 0 Å². The van der Waals surface area contributed by atoms with Gasteiger partial charge in [-0.15, -0.1) is 0 Å². The number of benzene rings is 2. The monoisotopic (exact) mass is 412 g/mol. The predicted octanol–water partition coefficient (Wildman–Crippen LogP) is 4.21. The quantitative estimate of drug-likeness (QED) is 0.544. The maximum absolute atomic E-state index is 14.4. The maximum atomic E-state index is 14.4. The SMILES string of the molecule is N#CCOc1ccc(-c2nn(-c3c(F)cccc3F)c3c(Cl)c[nH]c(=O)c23)cc1. The average Bonchev–Trinajstić information content (AvgIpc) is 3.11. The average molecular weight is 413 g/mol. The number of nitrogens with one attached hydrogen (secondary N) is 1. The number of hydrogen-bond acceptors (Lipinski definition) is 4. The molecule has 4 rings (SSSR count). The number of nitrogens with zero attached hydrogens (tertiary/aromatic N) is 3. The van der Waals surface area contributed by atoms with Crippen LogP contribution in [0.3, 0.4) is 0 Å². The van der Waals surface area contributed by atoms with Crippen LogP contribution >= 0.6 is 11.6 Å². The highest BCUT2D eigenvalue weighted by molar-refractivity contribution is 6.35. The number of halogens is 3. The third kappa shape index (κ3) is 3.22. The second-order valence-electron chi connectivity index (χ2n) is 5.99. The molecule has 0 saturated carbocycles. The summed E-state index contributed by atoms with van der Waals surface area (Å²) in [7, 11) is 0. The number of pyridine rings is 1. The topological polar surface area (TPSA) is 83.7 Å². The van der Waals surface area contributed by atoms with Crippen LogP contribution in [0.4, 0.5) is 8.78 Å². The predicted molar refractivity (Wildman–Crippen MR) is 103 cm³/mol. The Kier molecular flexibility index (Phi) is 4.74. The molecule has 0 saturated heterocycles. The third-order valence-electron chi connectivity index (χ3n) is 4.25. The molecule has 0 bridgehead atoms. The zero-order chi connectivity index (χ0) is 20.5. The summed E-state index contributed by atoms with van der Waals surface area (Å²) in [6.45, 7) is -0.112. The van der Waals surface area contributed by atoms with Crippen LogP contribution in [0.15, 0.2) is 53.5 Å². The normalized spacial score (nSPS) is 10.8. The molecule has 0 aliphatic rings. The van der Waals surface area contributed by atoms with Gasteiger partial charge >= 0.3 is 0 Å². The van der Waals surface area contributed by atoms with Gasteiger partial charge in [0.25, 0.3) is 5.56 Å². The number of rotatable bonds is 4. The lowest BCUT2D eigenvalue weighted by Gasteiger charge is -2.07. The number of ether oxygens (including phenoxy) is 1. The van der Waals surface area contributed by atoms with Crippen molar-refractivity contribution >= 4 is 22.5 Å². The first-order valence-corrected chi connectivity index (χ1v) is 8.73. The van der Waals surface area contributed by atoms with Gasteiger partial charge in [-0.2, -0.15) is 10.4 Å². The minimum absolute atomic E-state index is 0.0787. The molecule has 2 heterocycles. The van der Waals surface area contributed by atoms with Gasteiger partial charge in [0.15, 0.2) is 18.2 Å². The van der Waals surface area contributed by atoms with Gasteiger partial charge in [-0.05, 0) is 36.4 Å². The lowest BCUT2D eigenvalue weighted by molar-refractivity contribution is 0.368. The zero-order valence-corrected chi connectivity index (χ0v) is 15.4. The Labute approximate surface area is 167 Å². The number of para-hydroxylation sites is 1. The van der Waals surface area contributed by atoms with E-state index >= 15 is 0 Å². The number of aromatic amines is 1. The molecule has 4 aromatic rings. The summed E-state index contributed by atoms with van der Waals surface area (Å²) < 4.78 is 35.0. The molecule has 9 heteroatoms. The Morgan fingerprint density at radius 1 is 1.17 bits per heavy atom. The second-order valence-corrected chi connectivity index (χ2v) is 6.40. The van der Waals surface area contributed by atoms with Crippen LogP contribution in [0, 0.1) is 23.0 Å². The summed E-state index contributed by atoms with van der Waals surface area (Å²) >= 11 is 6.25. The molecule has 6 nitrogen and oxygen atoms in total. The molecule has 144 valence electrons. The second kappa shape index (κ2) is 7.37. The first-order valence-electron chi connectivity index (χ1n) is 8.35. The highest BCUT2D eigenvalue weighted by atomic mass is 35.5. The van der Waals surface area contributed by atoms with Crippen LogP contribution < -0.4 is 10.3 Å². The number of hydrogen-bond donors (Lipinski definition) is 1. The maximum Gasteiger partial charge on any atom is 0.259 e. The number of fused-ring (bicyclic) bond motifs is 1. The fraction of sp³-hybridized carbons (Fsp3) is 0.0500. The van der Waals surface area contributed by atoms with E-state index in [9.17, 15) is 13.6 Å². The molecule has 0 unspecified atom stereocenters. The smallest absolute Gasteiger partial charge is 0.259 e. The van der Waals surface area contributed by atoms with Crippen LogP contribution in [0.2, 0.25) is 5.02 Å². The Bertz CT molecular complexity index is 1300. The van der Waals surface area contributed by atoms with E-state index in [1.165, 1.54) is 12.3 Å². The van der Waals surface area contributed by atoms with Crippen LogP contribution in [0.1, 0.15) is 0 Å². The molecule has 0 spiro atoms. The van der Waals surface area contributed by atoms with E-state index in [-0.39, 0.29) is 28.2 Å². The van der Waals surface area contributed by atoms with Crippen LogP contribution in [0.5, 0.6) is 5.75 Å². The fourth-order valence-electron chi connectivity index (χ4n) is 3.00. The van der Waals surface area contributed by atoms with Crippen molar-refractivity contribution in [1.82, 2.24) is 14.8 Å². The van der Waals surface area contributed by atoms with E-state index in [2.05, 4.69) is 10.1 Å². The van der Waals surface area contributed by atoms with Gasteiger partial charge in [0.1, 0.15) is 28.7 Å². The summed E-state index contributed by atoms with van der Waals surface area (Å²) in [6, 6.07) is 11.7.